The van der Waals surface area contributed by atoms with Crippen molar-refractivity contribution in [3.8, 4) is 17.2 Å². The van der Waals surface area contributed by atoms with Gasteiger partial charge in [-0.05, 0) is 54.4 Å². The molecule has 1 amide bonds. The summed E-state index contributed by atoms with van der Waals surface area (Å²) in [4.78, 5) is 23.3. The van der Waals surface area contributed by atoms with Crippen LogP contribution in [-0.4, -0.2) is 30.3 Å². The van der Waals surface area contributed by atoms with Gasteiger partial charge in [0.25, 0.3) is 5.91 Å². The molecular weight excluding hydrogens is 481 g/mol. The number of halogens is 2. The van der Waals surface area contributed by atoms with E-state index in [0.29, 0.717) is 59.4 Å². The minimum Gasteiger partial charge on any atom is -0.493 e. The monoisotopic (exact) mass is 501 g/mol. The van der Waals surface area contributed by atoms with Crippen LogP contribution in [0.25, 0.3) is 0 Å². The summed E-state index contributed by atoms with van der Waals surface area (Å²) in [5.74, 6) is 1.09. The molecular formula is C25H21Cl2NO6. The number of carboxylic acid groups (broad SMARTS) is 1. The molecule has 0 aromatic heterocycles. The van der Waals surface area contributed by atoms with E-state index in [1.807, 2.05) is 24.3 Å². The van der Waals surface area contributed by atoms with E-state index in [1.54, 1.807) is 36.4 Å². The number of hydrogen-bond acceptors (Lipinski definition) is 5. The molecule has 3 aromatic carbocycles. The molecule has 1 aliphatic heterocycles. The summed E-state index contributed by atoms with van der Waals surface area (Å²) < 4.78 is 16.4. The standard InChI is InChI=1S/C25H21Cl2NO6/c26-17-5-1-15(2-6-17)9-11-28-24(29)16-3-7-18(8-4-16)33-23-14-22-19(13-20(23)27)21(10-12-32-22)34-25(30)31/h1-8,13-14,21H,9-12H2,(H,28,29)(H,30,31). The van der Waals surface area contributed by atoms with E-state index < -0.39 is 12.3 Å². The lowest BCUT2D eigenvalue weighted by atomic mass is 10.0. The molecule has 2 N–H and O–H groups in total. The molecule has 0 radical (unpaired) electrons. The number of nitrogens with one attached hydrogen (secondary N) is 1. The van der Waals surface area contributed by atoms with Crippen molar-refractivity contribution >= 4 is 35.3 Å². The second kappa shape index (κ2) is 10.7. The van der Waals surface area contributed by atoms with Gasteiger partial charge in [0.05, 0.1) is 11.6 Å². The Morgan fingerprint density at radius 2 is 1.79 bits per heavy atom. The van der Waals surface area contributed by atoms with Gasteiger partial charge in [-0.15, -0.1) is 0 Å². The highest BCUT2D eigenvalue weighted by atomic mass is 35.5. The van der Waals surface area contributed by atoms with Gasteiger partial charge >= 0.3 is 6.16 Å². The molecule has 34 heavy (non-hydrogen) atoms. The van der Waals surface area contributed by atoms with E-state index in [4.69, 9.17) is 42.5 Å². The maximum Gasteiger partial charge on any atom is 0.506 e. The summed E-state index contributed by atoms with van der Waals surface area (Å²) in [6, 6.07) is 17.3. The van der Waals surface area contributed by atoms with Gasteiger partial charge in [-0.2, -0.15) is 0 Å². The lowest BCUT2D eigenvalue weighted by Gasteiger charge is -2.25. The van der Waals surface area contributed by atoms with Crippen molar-refractivity contribution in [1.82, 2.24) is 5.32 Å². The van der Waals surface area contributed by atoms with E-state index in [-0.39, 0.29) is 10.9 Å². The van der Waals surface area contributed by atoms with Crippen LogP contribution in [0.2, 0.25) is 10.0 Å². The zero-order valence-electron chi connectivity index (χ0n) is 17.9. The largest absolute Gasteiger partial charge is 0.506 e. The molecule has 1 atom stereocenters. The fraction of sp³-hybridized carbons (Fsp3) is 0.200. The molecule has 1 aliphatic rings. The molecule has 0 bridgehead atoms. The summed E-state index contributed by atoms with van der Waals surface area (Å²) in [6.07, 6.45) is -0.908. The summed E-state index contributed by atoms with van der Waals surface area (Å²) in [5, 5.41) is 12.8. The Morgan fingerprint density at radius 3 is 2.50 bits per heavy atom. The number of carbonyl (C=O) groups is 2. The first-order chi connectivity index (χ1) is 16.4. The number of ether oxygens (including phenoxy) is 3. The van der Waals surface area contributed by atoms with Crippen LogP contribution in [0.3, 0.4) is 0 Å². The summed E-state index contributed by atoms with van der Waals surface area (Å²) in [6.45, 7) is 0.809. The van der Waals surface area contributed by atoms with Gasteiger partial charge < -0.3 is 24.6 Å². The van der Waals surface area contributed by atoms with E-state index in [2.05, 4.69) is 5.32 Å². The predicted molar refractivity (Wildman–Crippen MR) is 127 cm³/mol. The van der Waals surface area contributed by atoms with Crippen LogP contribution in [-0.2, 0) is 11.2 Å². The van der Waals surface area contributed by atoms with Gasteiger partial charge in [-0.1, -0.05) is 35.3 Å². The van der Waals surface area contributed by atoms with Gasteiger partial charge in [-0.25, -0.2) is 4.79 Å². The van der Waals surface area contributed by atoms with Crippen molar-refractivity contribution in [1.29, 1.82) is 0 Å². The van der Waals surface area contributed by atoms with Crippen molar-refractivity contribution in [2.24, 2.45) is 0 Å². The maximum atomic E-state index is 12.4. The molecule has 1 heterocycles. The fourth-order valence-electron chi connectivity index (χ4n) is 3.56. The molecule has 0 saturated heterocycles. The second-order valence-electron chi connectivity index (χ2n) is 7.59. The highest BCUT2D eigenvalue weighted by Gasteiger charge is 2.27. The van der Waals surface area contributed by atoms with Gasteiger partial charge in [0.2, 0.25) is 0 Å². The molecule has 3 aromatic rings. The molecule has 4 rings (SSSR count). The van der Waals surface area contributed by atoms with Crippen molar-refractivity contribution in [2.45, 2.75) is 18.9 Å². The predicted octanol–water partition coefficient (Wildman–Crippen LogP) is 6.28. The molecule has 7 nitrogen and oxygen atoms in total. The highest BCUT2D eigenvalue weighted by molar-refractivity contribution is 6.32. The Hall–Kier alpha value is -3.42. The summed E-state index contributed by atoms with van der Waals surface area (Å²) in [5.41, 5.74) is 2.13. The van der Waals surface area contributed by atoms with Crippen LogP contribution in [0.4, 0.5) is 4.79 Å². The summed E-state index contributed by atoms with van der Waals surface area (Å²) in [7, 11) is 0. The number of fused-ring (bicyclic) bond motifs is 1. The van der Waals surface area contributed by atoms with E-state index in [0.717, 1.165) is 5.56 Å². The SMILES string of the molecule is O=C(O)OC1CCOc2cc(Oc3ccc(C(=O)NCCc4ccc(Cl)cc4)cc3)c(Cl)cc21. The average molecular weight is 502 g/mol. The smallest absolute Gasteiger partial charge is 0.493 e. The molecule has 1 unspecified atom stereocenters. The number of rotatable bonds is 7. The normalized spacial score (nSPS) is 14.5. The van der Waals surface area contributed by atoms with Crippen LogP contribution in [0, 0.1) is 0 Å². The third-order valence-electron chi connectivity index (χ3n) is 5.25. The molecule has 0 fully saturated rings. The lowest BCUT2D eigenvalue weighted by Crippen LogP contribution is -2.25. The van der Waals surface area contributed by atoms with Crippen LogP contribution in [0.5, 0.6) is 17.2 Å². The number of carbonyl (C=O) groups excluding carboxylic acids is 1. The average Bonchev–Trinajstić information content (AvgIpc) is 2.81. The van der Waals surface area contributed by atoms with Gasteiger partial charge in [0.15, 0.2) is 0 Å². The van der Waals surface area contributed by atoms with Crippen LogP contribution >= 0.6 is 23.2 Å². The Balaban J connectivity index is 1.37. The van der Waals surface area contributed by atoms with Crippen molar-refractivity contribution in [3.63, 3.8) is 0 Å². The zero-order chi connectivity index (χ0) is 24.1. The Bertz CT molecular complexity index is 1180. The number of hydrogen-bond donors (Lipinski definition) is 2. The Morgan fingerprint density at radius 1 is 1.06 bits per heavy atom. The van der Waals surface area contributed by atoms with Crippen LogP contribution in [0.1, 0.15) is 34.0 Å². The third-order valence-corrected chi connectivity index (χ3v) is 5.80. The van der Waals surface area contributed by atoms with Gasteiger partial charge in [-0.3, -0.25) is 4.79 Å². The topological polar surface area (TPSA) is 94.1 Å². The summed E-state index contributed by atoms with van der Waals surface area (Å²) >= 11 is 12.2. The van der Waals surface area contributed by atoms with E-state index >= 15 is 0 Å². The first-order valence-electron chi connectivity index (χ1n) is 10.6. The van der Waals surface area contributed by atoms with Crippen molar-refractivity contribution in [2.75, 3.05) is 13.2 Å². The molecule has 0 saturated carbocycles. The molecule has 0 aliphatic carbocycles. The minimum absolute atomic E-state index is 0.190. The highest BCUT2D eigenvalue weighted by Crippen LogP contribution is 2.42. The van der Waals surface area contributed by atoms with Crippen molar-refractivity contribution < 1.29 is 28.9 Å². The van der Waals surface area contributed by atoms with E-state index in [9.17, 15) is 9.59 Å². The first-order valence-corrected chi connectivity index (χ1v) is 11.3. The maximum absolute atomic E-state index is 12.4. The van der Waals surface area contributed by atoms with Gasteiger partial charge in [0, 0.05) is 35.2 Å². The molecule has 0 spiro atoms. The second-order valence-corrected chi connectivity index (χ2v) is 8.43. The van der Waals surface area contributed by atoms with Crippen molar-refractivity contribution in [3.05, 3.63) is 87.4 Å². The Labute approximate surface area is 206 Å². The third kappa shape index (κ3) is 5.92. The number of benzene rings is 3. The zero-order valence-corrected chi connectivity index (χ0v) is 19.4. The van der Waals surface area contributed by atoms with Crippen LogP contribution < -0.4 is 14.8 Å². The fourth-order valence-corrected chi connectivity index (χ4v) is 3.89. The number of amides is 1. The lowest BCUT2D eigenvalue weighted by molar-refractivity contribution is 0.0326. The quantitative estimate of drug-likeness (QED) is 0.370. The minimum atomic E-state index is -1.36. The van der Waals surface area contributed by atoms with Crippen LogP contribution in [0.15, 0.2) is 60.7 Å². The van der Waals surface area contributed by atoms with E-state index in [1.165, 1.54) is 0 Å². The first kappa shape index (κ1) is 23.7. The van der Waals surface area contributed by atoms with Gasteiger partial charge in [0.1, 0.15) is 23.4 Å². The Kier molecular flexibility index (Phi) is 7.45. The molecule has 176 valence electrons. The molecule has 9 heteroatoms.